The number of hydrogen-bond acceptors (Lipinski definition) is 2. The Labute approximate surface area is 112 Å². The molecule has 0 saturated carbocycles. The zero-order valence-corrected chi connectivity index (χ0v) is 11.8. The minimum atomic E-state index is 1.06. The van der Waals surface area contributed by atoms with E-state index >= 15 is 0 Å². The number of rotatable bonds is 4. The van der Waals surface area contributed by atoms with Crippen molar-refractivity contribution in [1.82, 2.24) is 0 Å². The average Bonchev–Trinajstić information content (AvgIpc) is 2.34. The van der Waals surface area contributed by atoms with E-state index in [9.17, 15) is 0 Å². The maximum absolute atomic E-state index is 2.19. The quantitative estimate of drug-likeness (QED) is 0.551. The molecule has 2 aromatic rings. The summed E-state index contributed by atoms with van der Waals surface area (Å²) in [4.78, 5) is 2.69. The first-order chi connectivity index (χ1) is 8.24. The second-order valence-electron chi connectivity index (χ2n) is 4.03. The lowest BCUT2D eigenvalue weighted by Crippen LogP contribution is -1.77. The molecule has 0 bridgehead atoms. The molecule has 0 atom stereocenters. The first-order valence-electron chi connectivity index (χ1n) is 5.63. The molecule has 2 aromatic carbocycles. The Bertz CT molecular complexity index is 412. The third-order valence-electron chi connectivity index (χ3n) is 2.49. The van der Waals surface area contributed by atoms with Gasteiger partial charge in [-0.05, 0) is 38.1 Å². The van der Waals surface area contributed by atoms with Gasteiger partial charge in [0.05, 0.1) is 0 Å². The third-order valence-corrected chi connectivity index (χ3v) is 4.65. The van der Waals surface area contributed by atoms with Gasteiger partial charge in [0.2, 0.25) is 0 Å². The molecule has 88 valence electrons. The van der Waals surface area contributed by atoms with Gasteiger partial charge in [0.25, 0.3) is 0 Å². The molecule has 0 aliphatic heterocycles. The number of hydrogen-bond donors (Lipinski definition) is 0. The summed E-state index contributed by atoms with van der Waals surface area (Å²) >= 11 is 3.78. The van der Waals surface area contributed by atoms with Gasteiger partial charge in [0.15, 0.2) is 0 Å². The van der Waals surface area contributed by atoms with Gasteiger partial charge in [-0.1, -0.05) is 35.4 Å². The van der Waals surface area contributed by atoms with Crippen LogP contribution in [0.1, 0.15) is 11.1 Å². The molecule has 0 aliphatic rings. The van der Waals surface area contributed by atoms with Gasteiger partial charge >= 0.3 is 0 Å². The minimum Gasteiger partial charge on any atom is -0.115 e. The number of thioether (sulfide) groups is 2. The van der Waals surface area contributed by atoms with Crippen LogP contribution in [-0.2, 0) is 0 Å². The zero-order chi connectivity index (χ0) is 12.1. The van der Waals surface area contributed by atoms with Crippen molar-refractivity contribution in [2.24, 2.45) is 0 Å². The fourth-order valence-corrected chi connectivity index (χ4v) is 3.42. The van der Waals surface area contributed by atoms with E-state index in [0.717, 1.165) is 5.08 Å². The van der Waals surface area contributed by atoms with Crippen molar-refractivity contribution in [2.75, 3.05) is 5.08 Å². The van der Waals surface area contributed by atoms with Gasteiger partial charge in [-0.15, -0.1) is 23.5 Å². The molecule has 0 amide bonds. The first-order valence-corrected chi connectivity index (χ1v) is 7.60. The van der Waals surface area contributed by atoms with Crippen molar-refractivity contribution < 1.29 is 0 Å². The Balaban J connectivity index is 1.83. The largest absolute Gasteiger partial charge is 0.115 e. The van der Waals surface area contributed by atoms with Crippen LogP contribution in [0.4, 0.5) is 0 Å². The normalized spacial score (nSPS) is 10.5. The van der Waals surface area contributed by atoms with Crippen LogP contribution in [0.25, 0.3) is 0 Å². The summed E-state index contributed by atoms with van der Waals surface area (Å²) < 4.78 is 0. The van der Waals surface area contributed by atoms with E-state index in [2.05, 4.69) is 62.4 Å². The fourth-order valence-electron chi connectivity index (χ4n) is 1.43. The summed E-state index contributed by atoms with van der Waals surface area (Å²) in [5.74, 6) is 0. The lowest BCUT2D eigenvalue weighted by atomic mass is 10.2. The topological polar surface area (TPSA) is 0 Å². The highest BCUT2D eigenvalue weighted by Gasteiger charge is 1.96. The highest BCUT2D eigenvalue weighted by Crippen LogP contribution is 2.27. The summed E-state index contributed by atoms with van der Waals surface area (Å²) in [6.45, 7) is 4.24. The van der Waals surface area contributed by atoms with Gasteiger partial charge in [0.1, 0.15) is 0 Å². The van der Waals surface area contributed by atoms with Crippen LogP contribution in [-0.4, -0.2) is 5.08 Å². The molecule has 0 radical (unpaired) electrons. The van der Waals surface area contributed by atoms with Crippen LogP contribution < -0.4 is 0 Å². The Morgan fingerprint density at radius 2 is 1.00 bits per heavy atom. The second-order valence-corrected chi connectivity index (χ2v) is 6.50. The van der Waals surface area contributed by atoms with Crippen molar-refractivity contribution >= 4 is 23.5 Å². The maximum Gasteiger partial charge on any atom is 0.0486 e. The van der Waals surface area contributed by atoms with E-state index in [1.807, 2.05) is 23.5 Å². The molecule has 0 heterocycles. The van der Waals surface area contributed by atoms with Crippen molar-refractivity contribution in [3.05, 3.63) is 59.7 Å². The summed E-state index contributed by atoms with van der Waals surface area (Å²) in [6.07, 6.45) is 0. The predicted molar refractivity (Wildman–Crippen MR) is 78.9 cm³/mol. The molecular formula is C15H16S2. The monoisotopic (exact) mass is 260 g/mol. The van der Waals surface area contributed by atoms with Crippen molar-refractivity contribution in [1.29, 1.82) is 0 Å². The molecule has 17 heavy (non-hydrogen) atoms. The molecule has 2 heteroatoms. The van der Waals surface area contributed by atoms with Crippen molar-refractivity contribution in [3.63, 3.8) is 0 Å². The summed E-state index contributed by atoms with van der Waals surface area (Å²) in [6, 6.07) is 17.4. The Hall–Kier alpha value is -0.860. The number of aryl methyl sites for hydroxylation is 2. The van der Waals surface area contributed by atoms with E-state index in [1.165, 1.54) is 20.9 Å². The van der Waals surface area contributed by atoms with Gasteiger partial charge < -0.3 is 0 Å². The fraction of sp³-hybridized carbons (Fsp3) is 0.200. The molecule has 0 spiro atoms. The standard InChI is InChI=1S/C15H16S2/c1-12-3-7-14(8-4-12)16-11-17-15-9-5-13(2)6-10-15/h3-10H,11H2,1-2H3. The van der Waals surface area contributed by atoms with Crippen molar-refractivity contribution in [2.45, 2.75) is 23.6 Å². The molecule has 0 aromatic heterocycles. The lowest BCUT2D eigenvalue weighted by Gasteiger charge is -2.03. The minimum absolute atomic E-state index is 1.06. The van der Waals surface area contributed by atoms with Crippen molar-refractivity contribution in [3.8, 4) is 0 Å². The Kier molecular flexibility index (Phi) is 4.57. The summed E-state index contributed by atoms with van der Waals surface area (Å²) in [7, 11) is 0. The van der Waals surface area contributed by atoms with Gasteiger partial charge in [-0.2, -0.15) is 0 Å². The van der Waals surface area contributed by atoms with E-state index in [-0.39, 0.29) is 0 Å². The SMILES string of the molecule is Cc1ccc(SCSc2ccc(C)cc2)cc1. The van der Waals surface area contributed by atoms with Gasteiger partial charge in [0, 0.05) is 14.9 Å². The van der Waals surface area contributed by atoms with Crippen LogP contribution in [0.5, 0.6) is 0 Å². The third kappa shape index (κ3) is 4.14. The molecule has 0 aliphatic carbocycles. The Morgan fingerprint density at radius 3 is 1.35 bits per heavy atom. The molecule has 0 N–H and O–H groups in total. The van der Waals surface area contributed by atoms with Gasteiger partial charge in [-0.25, -0.2) is 0 Å². The highest BCUT2D eigenvalue weighted by atomic mass is 32.2. The van der Waals surface area contributed by atoms with Crippen LogP contribution in [0, 0.1) is 13.8 Å². The number of benzene rings is 2. The van der Waals surface area contributed by atoms with Crippen LogP contribution in [0.3, 0.4) is 0 Å². The molecular weight excluding hydrogens is 244 g/mol. The lowest BCUT2D eigenvalue weighted by molar-refractivity contribution is 1.37. The molecule has 0 nitrogen and oxygen atoms in total. The smallest absolute Gasteiger partial charge is 0.0486 e. The van der Waals surface area contributed by atoms with E-state index in [0.29, 0.717) is 0 Å². The maximum atomic E-state index is 2.19. The Morgan fingerprint density at radius 1 is 0.647 bits per heavy atom. The van der Waals surface area contributed by atoms with Crippen LogP contribution in [0.15, 0.2) is 58.3 Å². The van der Waals surface area contributed by atoms with Gasteiger partial charge in [-0.3, -0.25) is 0 Å². The molecule has 2 rings (SSSR count). The summed E-state index contributed by atoms with van der Waals surface area (Å²) in [5.41, 5.74) is 2.64. The van der Waals surface area contributed by atoms with E-state index < -0.39 is 0 Å². The first kappa shape index (κ1) is 12.6. The van der Waals surface area contributed by atoms with E-state index in [1.54, 1.807) is 0 Å². The highest BCUT2D eigenvalue weighted by molar-refractivity contribution is 8.16. The zero-order valence-electron chi connectivity index (χ0n) is 10.1. The average molecular weight is 260 g/mol. The van der Waals surface area contributed by atoms with Crippen LogP contribution >= 0.6 is 23.5 Å². The van der Waals surface area contributed by atoms with Crippen LogP contribution in [0.2, 0.25) is 0 Å². The van der Waals surface area contributed by atoms with E-state index in [4.69, 9.17) is 0 Å². The molecule has 0 saturated heterocycles. The summed E-state index contributed by atoms with van der Waals surface area (Å²) in [5, 5.41) is 1.06. The molecule has 0 unspecified atom stereocenters. The molecule has 0 fully saturated rings. The second kappa shape index (κ2) is 6.18. The predicted octanol–water partition coefficient (Wildman–Crippen LogP) is 5.15.